The third-order valence-electron chi connectivity index (χ3n) is 5.50. The Kier molecular flexibility index (Phi) is 6.55. The van der Waals surface area contributed by atoms with Crippen molar-refractivity contribution in [3.05, 3.63) is 59.4 Å². The summed E-state index contributed by atoms with van der Waals surface area (Å²) in [5.41, 5.74) is 1.01. The van der Waals surface area contributed by atoms with Crippen molar-refractivity contribution in [2.75, 3.05) is 7.11 Å². The van der Waals surface area contributed by atoms with Crippen LogP contribution in [-0.4, -0.2) is 17.5 Å². The minimum atomic E-state index is -4.43. The number of aryl methyl sites for hydroxylation is 1. The SMILES string of the molecule is COc1ccc(C(=O)Cn2c3[n+](c4ccc(C(F)(F)F)cc42)CCCCC3)cc1.[Br-]. The number of fused-ring (bicyclic) bond motifs is 3. The quantitative estimate of drug-likeness (QED) is 0.418. The van der Waals surface area contributed by atoms with Gasteiger partial charge in [-0.3, -0.25) is 4.79 Å². The van der Waals surface area contributed by atoms with Gasteiger partial charge < -0.3 is 21.7 Å². The summed E-state index contributed by atoms with van der Waals surface area (Å²) in [5, 5.41) is 0. The maximum Gasteiger partial charge on any atom is 0.416 e. The van der Waals surface area contributed by atoms with E-state index in [1.807, 2.05) is 0 Å². The molecule has 0 bridgehead atoms. The molecule has 4 rings (SSSR count). The zero-order chi connectivity index (χ0) is 20.6. The fourth-order valence-corrected chi connectivity index (χ4v) is 4.01. The van der Waals surface area contributed by atoms with Gasteiger partial charge in [0.2, 0.25) is 5.78 Å². The summed E-state index contributed by atoms with van der Waals surface area (Å²) in [5.74, 6) is 1.42. The molecule has 0 amide bonds. The molecular weight excluding hydrogens is 461 g/mol. The minimum absolute atomic E-state index is 0. The monoisotopic (exact) mass is 482 g/mol. The van der Waals surface area contributed by atoms with Crippen LogP contribution < -0.4 is 26.3 Å². The Labute approximate surface area is 183 Å². The maximum atomic E-state index is 13.3. The Bertz CT molecular complexity index is 1060. The number of alkyl halides is 3. The summed E-state index contributed by atoms with van der Waals surface area (Å²) in [6, 6.07) is 10.6. The van der Waals surface area contributed by atoms with Gasteiger partial charge in [-0.2, -0.15) is 13.2 Å². The van der Waals surface area contributed by atoms with Crippen molar-refractivity contribution < 1.29 is 44.3 Å². The molecule has 160 valence electrons. The first kappa shape index (κ1) is 22.3. The molecule has 0 saturated carbocycles. The fourth-order valence-electron chi connectivity index (χ4n) is 4.01. The second kappa shape index (κ2) is 8.79. The Morgan fingerprint density at radius 3 is 2.50 bits per heavy atom. The predicted molar refractivity (Wildman–Crippen MR) is 102 cm³/mol. The van der Waals surface area contributed by atoms with E-state index in [2.05, 4.69) is 4.57 Å². The number of hydrogen-bond acceptors (Lipinski definition) is 2. The molecule has 0 saturated heterocycles. The minimum Gasteiger partial charge on any atom is -1.00 e. The van der Waals surface area contributed by atoms with Crippen LogP contribution in [0.2, 0.25) is 0 Å². The highest BCUT2D eigenvalue weighted by Crippen LogP contribution is 2.32. The number of carbonyl (C=O) groups excluding carboxylic acids is 1. The summed E-state index contributed by atoms with van der Waals surface area (Å²) in [4.78, 5) is 12.9. The zero-order valence-electron chi connectivity index (χ0n) is 16.5. The summed E-state index contributed by atoms with van der Waals surface area (Å²) in [7, 11) is 1.55. The lowest BCUT2D eigenvalue weighted by molar-refractivity contribution is -0.678. The second-order valence-corrected chi connectivity index (χ2v) is 7.32. The fraction of sp³-hybridized carbons (Fsp3) is 0.364. The molecule has 0 unspecified atom stereocenters. The third-order valence-corrected chi connectivity index (χ3v) is 5.50. The first-order valence-corrected chi connectivity index (χ1v) is 9.68. The summed E-state index contributed by atoms with van der Waals surface area (Å²) >= 11 is 0. The first-order chi connectivity index (χ1) is 13.9. The van der Waals surface area contributed by atoms with Crippen molar-refractivity contribution in [3.8, 4) is 5.75 Å². The number of nitrogens with zero attached hydrogens (tertiary/aromatic N) is 2. The van der Waals surface area contributed by atoms with E-state index in [4.69, 9.17) is 4.74 Å². The summed E-state index contributed by atoms with van der Waals surface area (Å²) < 4.78 is 48.9. The van der Waals surface area contributed by atoms with Gasteiger partial charge in [0.25, 0.3) is 5.82 Å². The number of rotatable bonds is 4. The summed E-state index contributed by atoms with van der Waals surface area (Å²) in [6.45, 7) is 0.757. The molecule has 1 aliphatic heterocycles. The second-order valence-electron chi connectivity index (χ2n) is 7.32. The summed E-state index contributed by atoms with van der Waals surface area (Å²) in [6.07, 6.45) is -0.684. The van der Waals surface area contributed by atoms with Gasteiger partial charge in [-0.15, -0.1) is 0 Å². The Morgan fingerprint density at radius 1 is 1.10 bits per heavy atom. The lowest BCUT2D eigenvalue weighted by Gasteiger charge is -2.06. The number of methoxy groups -OCH3 is 1. The molecule has 1 aliphatic rings. The molecule has 0 radical (unpaired) electrons. The van der Waals surface area contributed by atoms with Crippen molar-refractivity contribution in [1.29, 1.82) is 0 Å². The smallest absolute Gasteiger partial charge is 0.416 e. The number of halogens is 4. The normalized spacial score (nSPS) is 14.0. The number of aromatic nitrogens is 2. The van der Waals surface area contributed by atoms with Crippen LogP contribution in [0.15, 0.2) is 42.5 Å². The number of Topliss-reactive ketones (excluding diaryl/α,β-unsaturated/α-hetero) is 1. The molecule has 0 aliphatic carbocycles. The first-order valence-electron chi connectivity index (χ1n) is 9.68. The van der Waals surface area contributed by atoms with E-state index < -0.39 is 11.7 Å². The average Bonchev–Trinajstić information content (AvgIpc) is 2.86. The molecule has 1 aromatic heterocycles. The predicted octanol–water partition coefficient (Wildman–Crippen LogP) is 1.57. The molecule has 3 aromatic rings. The largest absolute Gasteiger partial charge is 1.00 e. The van der Waals surface area contributed by atoms with Gasteiger partial charge in [0.05, 0.1) is 19.2 Å². The van der Waals surface area contributed by atoms with Gasteiger partial charge in [-0.1, -0.05) is 0 Å². The van der Waals surface area contributed by atoms with E-state index in [0.29, 0.717) is 16.8 Å². The van der Waals surface area contributed by atoms with Crippen molar-refractivity contribution in [2.45, 2.75) is 44.9 Å². The van der Waals surface area contributed by atoms with Gasteiger partial charge in [0.15, 0.2) is 17.6 Å². The van der Waals surface area contributed by atoms with Crippen molar-refractivity contribution >= 4 is 16.8 Å². The number of carbonyl (C=O) groups is 1. The standard InChI is InChI=1S/C22H22F3N2O2.BrH/c1-29-17-9-6-15(7-10-17)20(28)14-27-19-13-16(22(23,24)25)8-11-18(19)26-12-4-2-3-5-21(26)27;/h6-11,13H,2-5,12,14H2,1H3;1H/q+1;/p-1. The lowest BCUT2D eigenvalue weighted by Crippen LogP contribution is -3.00. The van der Waals surface area contributed by atoms with Gasteiger partial charge in [0, 0.05) is 18.1 Å². The Balaban J connectivity index is 0.00000256. The highest BCUT2D eigenvalue weighted by atomic mass is 79.9. The molecule has 4 nitrogen and oxygen atoms in total. The van der Waals surface area contributed by atoms with Gasteiger partial charge in [-0.05, 0) is 55.7 Å². The van der Waals surface area contributed by atoms with E-state index in [1.165, 1.54) is 6.07 Å². The number of hydrogen-bond donors (Lipinski definition) is 0. The van der Waals surface area contributed by atoms with Crippen LogP contribution in [0.4, 0.5) is 13.2 Å². The highest BCUT2D eigenvalue weighted by molar-refractivity contribution is 5.96. The van der Waals surface area contributed by atoms with Crippen molar-refractivity contribution in [2.24, 2.45) is 0 Å². The van der Waals surface area contributed by atoms with Gasteiger partial charge >= 0.3 is 6.18 Å². The molecule has 0 fully saturated rings. The molecule has 0 spiro atoms. The van der Waals surface area contributed by atoms with Crippen LogP contribution in [-0.2, 0) is 25.7 Å². The Hall–Kier alpha value is -2.35. The number of ketones is 1. The van der Waals surface area contributed by atoms with E-state index in [9.17, 15) is 18.0 Å². The van der Waals surface area contributed by atoms with Crippen LogP contribution >= 0.6 is 0 Å². The molecule has 0 atom stereocenters. The van der Waals surface area contributed by atoms with Crippen LogP contribution in [0.25, 0.3) is 11.0 Å². The van der Waals surface area contributed by atoms with Crippen molar-refractivity contribution in [3.63, 3.8) is 0 Å². The highest BCUT2D eigenvalue weighted by Gasteiger charge is 2.34. The molecule has 2 heterocycles. The maximum absolute atomic E-state index is 13.3. The molecule has 2 aromatic carbocycles. The average molecular weight is 483 g/mol. The van der Waals surface area contributed by atoms with Crippen molar-refractivity contribution in [1.82, 2.24) is 4.57 Å². The number of benzene rings is 2. The molecular formula is C22H22BrF3N2O2. The van der Waals surface area contributed by atoms with E-state index in [1.54, 1.807) is 35.9 Å². The lowest BCUT2D eigenvalue weighted by atomic mass is 10.1. The van der Waals surface area contributed by atoms with Crippen LogP contribution in [0.3, 0.4) is 0 Å². The van der Waals surface area contributed by atoms with Crippen LogP contribution in [0, 0.1) is 0 Å². The molecule has 0 N–H and O–H groups in total. The third kappa shape index (κ3) is 4.24. The van der Waals surface area contributed by atoms with E-state index in [-0.39, 0.29) is 29.3 Å². The van der Waals surface area contributed by atoms with Crippen LogP contribution in [0.5, 0.6) is 5.75 Å². The number of imidazole rings is 1. The van der Waals surface area contributed by atoms with Gasteiger partial charge in [-0.25, -0.2) is 9.13 Å². The topological polar surface area (TPSA) is 35.1 Å². The van der Waals surface area contributed by atoms with E-state index in [0.717, 1.165) is 55.7 Å². The zero-order valence-corrected chi connectivity index (χ0v) is 18.1. The van der Waals surface area contributed by atoms with Crippen LogP contribution in [0.1, 0.15) is 41.0 Å². The van der Waals surface area contributed by atoms with Gasteiger partial charge in [0.1, 0.15) is 5.75 Å². The number of ether oxygens (including phenoxy) is 1. The van der Waals surface area contributed by atoms with E-state index >= 15 is 0 Å². The molecule has 30 heavy (non-hydrogen) atoms. The molecule has 8 heteroatoms. The Morgan fingerprint density at radius 2 is 1.83 bits per heavy atom.